The second kappa shape index (κ2) is 5.47. The van der Waals surface area contributed by atoms with E-state index in [4.69, 9.17) is 18.0 Å². The van der Waals surface area contributed by atoms with E-state index in [0.29, 0.717) is 16.3 Å². The number of thiazole rings is 1. The summed E-state index contributed by atoms with van der Waals surface area (Å²) in [6.45, 7) is 3.51. The van der Waals surface area contributed by atoms with Crippen molar-refractivity contribution in [3.63, 3.8) is 0 Å². The Balaban J connectivity index is 2.43. The third-order valence-electron chi connectivity index (χ3n) is 2.60. The number of thiocarbonyl (C=S) groups is 1. The van der Waals surface area contributed by atoms with Crippen molar-refractivity contribution in [2.75, 3.05) is 4.72 Å². The number of nitrogens with zero attached hydrogens (tertiary/aromatic N) is 1. The fraction of sp³-hybridized carbons (Fsp3) is 0.167. The van der Waals surface area contributed by atoms with Crippen molar-refractivity contribution >= 4 is 43.7 Å². The molecule has 1 aromatic carbocycles. The maximum Gasteiger partial charge on any atom is 0.263 e. The highest BCUT2D eigenvalue weighted by atomic mass is 32.2. The number of benzene rings is 1. The Kier molecular flexibility index (Phi) is 4.07. The topological polar surface area (TPSA) is 85.1 Å². The number of nitrogens with two attached hydrogens (primary N) is 1. The third-order valence-corrected chi connectivity index (χ3v) is 5.32. The summed E-state index contributed by atoms with van der Waals surface area (Å²) >= 11 is 6.11. The van der Waals surface area contributed by atoms with E-state index in [1.165, 1.54) is 17.4 Å². The van der Waals surface area contributed by atoms with E-state index in [1.807, 2.05) is 0 Å². The van der Waals surface area contributed by atoms with Gasteiger partial charge in [0, 0.05) is 10.9 Å². The minimum Gasteiger partial charge on any atom is -0.389 e. The molecule has 0 aliphatic heterocycles. The summed E-state index contributed by atoms with van der Waals surface area (Å²) in [7, 11) is -3.70. The van der Waals surface area contributed by atoms with Crippen LogP contribution in [0.5, 0.6) is 0 Å². The number of hydrogen-bond acceptors (Lipinski definition) is 5. The monoisotopic (exact) mass is 327 g/mol. The van der Waals surface area contributed by atoms with Crippen molar-refractivity contribution in [2.45, 2.75) is 18.7 Å². The number of hydrogen-bond donors (Lipinski definition) is 2. The van der Waals surface area contributed by atoms with Crippen molar-refractivity contribution in [3.8, 4) is 0 Å². The zero-order valence-corrected chi connectivity index (χ0v) is 13.3. The normalized spacial score (nSPS) is 11.3. The smallest absolute Gasteiger partial charge is 0.263 e. The highest BCUT2D eigenvalue weighted by molar-refractivity contribution is 7.93. The number of anilines is 1. The maximum absolute atomic E-state index is 12.4. The van der Waals surface area contributed by atoms with E-state index < -0.39 is 10.0 Å². The number of aromatic nitrogens is 1. The van der Waals surface area contributed by atoms with Crippen molar-refractivity contribution in [1.82, 2.24) is 4.98 Å². The average Bonchev–Trinajstić information content (AvgIpc) is 2.73. The van der Waals surface area contributed by atoms with Crippen LogP contribution >= 0.6 is 23.6 Å². The van der Waals surface area contributed by atoms with E-state index >= 15 is 0 Å². The lowest BCUT2D eigenvalue weighted by Crippen LogP contribution is -2.16. The summed E-state index contributed by atoms with van der Waals surface area (Å²) in [6.07, 6.45) is 0. The SMILES string of the molecule is Cc1csc(NS(=O)(=O)c2cc(C(N)=S)ccc2C)n1. The van der Waals surface area contributed by atoms with Gasteiger partial charge in [-0.3, -0.25) is 4.72 Å². The molecule has 0 unspecified atom stereocenters. The largest absolute Gasteiger partial charge is 0.389 e. The molecule has 0 radical (unpaired) electrons. The molecule has 0 saturated heterocycles. The standard InChI is InChI=1S/C12H13N3O2S3/c1-7-3-4-9(11(13)18)5-10(7)20(16,17)15-12-14-8(2)6-19-12/h3-6H,1-2H3,(H2,13,18)(H,14,15). The first-order valence-corrected chi connectivity index (χ1v) is 8.42. The third kappa shape index (κ3) is 3.14. The second-order valence-electron chi connectivity index (χ2n) is 4.24. The molecule has 0 aliphatic carbocycles. The second-order valence-corrected chi connectivity index (χ2v) is 7.19. The minimum absolute atomic E-state index is 0.149. The van der Waals surface area contributed by atoms with E-state index in [9.17, 15) is 8.42 Å². The maximum atomic E-state index is 12.4. The van der Waals surface area contributed by atoms with Crippen molar-refractivity contribution in [2.24, 2.45) is 5.73 Å². The van der Waals surface area contributed by atoms with Crippen molar-refractivity contribution in [3.05, 3.63) is 40.4 Å². The molecule has 8 heteroatoms. The predicted molar refractivity (Wildman–Crippen MR) is 84.7 cm³/mol. The molecule has 3 N–H and O–H groups in total. The van der Waals surface area contributed by atoms with E-state index in [0.717, 1.165) is 5.69 Å². The van der Waals surface area contributed by atoms with Crippen LogP contribution in [0.15, 0.2) is 28.5 Å². The van der Waals surface area contributed by atoms with Crippen LogP contribution in [-0.4, -0.2) is 18.4 Å². The van der Waals surface area contributed by atoms with Gasteiger partial charge in [-0.1, -0.05) is 24.4 Å². The van der Waals surface area contributed by atoms with Crippen LogP contribution < -0.4 is 10.5 Å². The molecule has 2 rings (SSSR count). The first kappa shape index (κ1) is 14.9. The quantitative estimate of drug-likeness (QED) is 0.841. The summed E-state index contributed by atoms with van der Waals surface area (Å²) in [5.74, 6) is 0. The molecule has 2 aromatic rings. The van der Waals surface area contributed by atoms with Gasteiger partial charge in [-0.15, -0.1) is 11.3 Å². The van der Waals surface area contributed by atoms with Gasteiger partial charge in [0.05, 0.1) is 10.6 Å². The number of sulfonamides is 1. The molecule has 0 bridgehead atoms. The van der Waals surface area contributed by atoms with Crippen LogP contribution in [0.2, 0.25) is 0 Å². The number of nitrogens with one attached hydrogen (secondary N) is 1. The zero-order chi connectivity index (χ0) is 14.9. The summed E-state index contributed by atoms with van der Waals surface area (Å²) in [5.41, 5.74) is 7.43. The Labute approximate surface area is 126 Å². The Bertz CT molecular complexity index is 766. The fourth-order valence-corrected chi connectivity index (χ4v) is 3.95. The van der Waals surface area contributed by atoms with Crippen LogP contribution in [-0.2, 0) is 10.0 Å². The summed E-state index contributed by atoms with van der Waals surface area (Å²) < 4.78 is 27.2. The van der Waals surface area contributed by atoms with Gasteiger partial charge in [0.1, 0.15) is 4.99 Å². The summed E-state index contributed by atoms with van der Waals surface area (Å²) in [5, 5.41) is 2.11. The van der Waals surface area contributed by atoms with Gasteiger partial charge in [0.15, 0.2) is 5.13 Å². The predicted octanol–water partition coefficient (Wildman–Crippen LogP) is 2.19. The van der Waals surface area contributed by atoms with E-state index in [2.05, 4.69) is 9.71 Å². The number of aryl methyl sites for hydroxylation is 2. The van der Waals surface area contributed by atoms with E-state index in [-0.39, 0.29) is 9.88 Å². The van der Waals surface area contributed by atoms with Gasteiger partial charge in [-0.2, -0.15) is 0 Å². The highest BCUT2D eigenvalue weighted by Gasteiger charge is 2.19. The molecule has 0 aliphatic rings. The summed E-state index contributed by atoms with van der Waals surface area (Å²) in [6, 6.07) is 4.85. The lowest BCUT2D eigenvalue weighted by molar-refractivity contribution is 0.600. The molecule has 0 saturated carbocycles. The average molecular weight is 327 g/mol. The lowest BCUT2D eigenvalue weighted by Gasteiger charge is -2.10. The highest BCUT2D eigenvalue weighted by Crippen LogP contribution is 2.22. The molecular formula is C12H13N3O2S3. The molecule has 0 atom stereocenters. The molecule has 1 heterocycles. The number of rotatable bonds is 4. The van der Waals surface area contributed by atoms with Crippen molar-refractivity contribution < 1.29 is 8.42 Å². The van der Waals surface area contributed by atoms with Gasteiger partial charge < -0.3 is 5.73 Å². The lowest BCUT2D eigenvalue weighted by atomic mass is 10.1. The molecular weight excluding hydrogens is 314 g/mol. The molecule has 1 aromatic heterocycles. The first-order chi connectivity index (χ1) is 9.29. The van der Waals surface area contributed by atoms with Crippen LogP contribution in [0.3, 0.4) is 0 Å². The molecule has 0 spiro atoms. The van der Waals surface area contributed by atoms with Gasteiger partial charge in [-0.05, 0) is 25.5 Å². The van der Waals surface area contributed by atoms with Crippen LogP contribution in [0.1, 0.15) is 16.8 Å². The Morgan fingerprint density at radius 3 is 2.65 bits per heavy atom. The fourth-order valence-electron chi connectivity index (χ4n) is 1.61. The Morgan fingerprint density at radius 1 is 1.40 bits per heavy atom. The van der Waals surface area contributed by atoms with Crippen molar-refractivity contribution in [1.29, 1.82) is 0 Å². The molecule has 0 fully saturated rings. The molecule has 0 amide bonds. The van der Waals surface area contributed by atoms with Gasteiger partial charge in [0.2, 0.25) is 0 Å². The van der Waals surface area contributed by atoms with Crippen LogP contribution in [0.4, 0.5) is 5.13 Å². The first-order valence-electron chi connectivity index (χ1n) is 5.65. The van der Waals surface area contributed by atoms with Crippen LogP contribution in [0.25, 0.3) is 0 Å². The van der Waals surface area contributed by atoms with Gasteiger partial charge in [-0.25, -0.2) is 13.4 Å². The molecule has 20 heavy (non-hydrogen) atoms. The van der Waals surface area contributed by atoms with Crippen LogP contribution in [0, 0.1) is 13.8 Å². The molecule has 106 valence electrons. The van der Waals surface area contributed by atoms with Gasteiger partial charge in [0.25, 0.3) is 10.0 Å². The molecule has 5 nitrogen and oxygen atoms in total. The minimum atomic E-state index is -3.70. The zero-order valence-electron chi connectivity index (χ0n) is 10.9. The Hall–Kier alpha value is -1.51. The Morgan fingerprint density at radius 2 is 2.10 bits per heavy atom. The summed E-state index contributed by atoms with van der Waals surface area (Å²) in [4.78, 5) is 4.39. The van der Waals surface area contributed by atoms with E-state index in [1.54, 1.807) is 31.4 Å². The van der Waals surface area contributed by atoms with Gasteiger partial charge >= 0.3 is 0 Å².